The quantitative estimate of drug-likeness (QED) is 0.710. The van der Waals surface area contributed by atoms with Gasteiger partial charge in [0.05, 0.1) is 12.7 Å². The molecule has 0 aliphatic carbocycles. The molecule has 0 aromatic heterocycles. The topological polar surface area (TPSA) is 46.5 Å². The third kappa shape index (κ3) is 4.89. The summed E-state index contributed by atoms with van der Waals surface area (Å²) in [5.41, 5.74) is 0. The Hall–Kier alpha value is -0.220. The number of carbonyl (C=O) groups excluding carboxylic acids is 1. The lowest BCUT2D eigenvalue weighted by Gasteiger charge is -2.16. The van der Waals surface area contributed by atoms with E-state index in [0.717, 1.165) is 24.3 Å². The molecule has 1 rings (SSSR count). The molecule has 0 saturated carbocycles. The van der Waals surface area contributed by atoms with Crippen LogP contribution in [0.15, 0.2) is 0 Å². The van der Waals surface area contributed by atoms with Gasteiger partial charge >= 0.3 is 5.97 Å². The maximum Gasteiger partial charge on any atom is 0.305 e. The minimum absolute atomic E-state index is 0.179. The van der Waals surface area contributed by atoms with Crippen molar-refractivity contribution in [2.24, 2.45) is 5.92 Å². The van der Waals surface area contributed by atoms with Crippen LogP contribution in [0.3, 0.4) is 0 Å². The van der Waals surface area contributed by atoms with E-state index in [9.17, 15) is 9.90 Å². The fourth-order valence-corrected chi connectivity index (χ4v) is 2.97. The predicted molar refractivity (Wildman–Crippen MR) is 61.9 cm³/mol. The Kier molecular flexibility index (Phi) is 6.10. The van der Waals surface area contributed by atoms with Crippen LogP contribution >= 0.6 is 11.8 Å². The summed E-state index contributed by atoms with van der Waals surface area (Å²) >= 11 is 1.88. The zero-order chi connectivity index (χ0) is 11.1. The molecule has 0 aromatic carbocycles. The van der Waals surface area contributed by atoms with E-state index in [1.807, 2.05) is 18.7 Å². The minimum Gasteiger partial charge on any atom is -0.466 e. The van der Waals surface area contributed by atoms with Gasteiger partial charge in [0.15, 0.2) is 0 Å². The molecule has 4 heteroatoms. The first-order chi connectivity index (χ1) is 7.24. The van der Waals surface area contributed by atoms with E-state index in [0.29, 0.717) is 25.4 Å². The number of thioether (sulfide) groups is 1. The van der Waals surface area contributed by atoms with Gasteiger partial charge in [-0.2, -0.15) is 11.8 Å². The van der Waals surface area contributed by atoms with Gasteiger partial charge in [0, 0.05) is 6.42 Å². The summed E-state index contributed by atoms with van der Waals surface area (Å²) in [5, 5.41) is 9.80. The van der Waals surface area contributed by atoms with E-state index in [4.69, 9.17) is 4.74 Å². The van der Waals surface area contributed by atoms with Crippen LogP contribution in [0.1, 0.15) is 32.6 Å². The summed E-state index contributed by atoms with van der Waals surface area (Å²) in [7, 11) is 0. The molecule has 15 heavy (non-hydrogen) atoms. The number of carbonyl (C=O) groups is 1. The van der Waals surface area contributed by atoms with E-state index in [-0.39, 0.29) is 12.1 Å². The Morgan fingerprint density at radius 3 is 3.07 bits per heavy atom. The van der Waals surface area contributed by atoms with Crippen molar-refractivity contribution < 1.29 is 14.6 Å². The first-order valence-electron chi connectivity index (χ1n) is 5.65. The number of hydrogen-bond donors (Lipinski definition) is 1. The zero-order valence-electron chi connectivity index (χ0n) is 9.28. The molecule has 1 aliphatic rings. The molecule has 1 aliphatic heterocycles. The van der Waals surface area contributed by atoms with Crippen LogP contribution < -0.4 is 0 Å². The van der Waals surface area contributed by atoms with Gasteiger partial charge in [-0.1, -0.05) is 6.92 Å². The maximum absolute atomic E-state index is 11.2. The fraction of sp³-hybridized carbons (Fsp3) is 0.909. The first-order valence-corrected chi connectivity index (χ1v) is 6.81. The standard InChI is InChI=1S/C11H20O3S/c1-2-6-14-11(13)4-3-10(12)9-5-7-15-8-9/h9-10,12H,2-8H2,1H3. The fourth-order valence-electron chi connectivity index (χ4n) is 1.65. The lowest BCUT2D eigenvalue weighted by Crippen LogP contribution is -2.21. The number of esters is 1. The molecular weight excluding hydrogens is 212 g/mol. The molecule has 0 amide bonds. The van der Waals surface area contributed by atoms with Crippen molar-refractivity contribution in [2.75, 3.05) is 18.1 Å². The van der Waals surface area contributed by atoms with E-state index in [1.54, 1.807) is 0 Å². The highest BCUT2D eigenvalue weighted by Gasteiger charge is 2.24. The number of hydrogen-bond acceptors (Lipinski definition) is 4. The van der Waals surface area contributed by atoms with Gasteiger partial charge in [-0.3, -0.25) is 4.79 Å². The summed E-state index contributed by atoms with van der Waals surface area (Å²) in [6.45, 7) is 2.46. The Labute approximate surface area is 95.6 Å². The van der Waals surface area contributed by atoms with Crippen molar-refractivity contribution >= 4 is 17.7 Å². The number of aliphatic hydroxyl groups excluding tert-OH is 1. The molecule has 0 aromatic rings. The largest absolute Gasteiger partial charge is 0.466 e. The Morgan fingerprint density at radius 2 is 2.47 bits per heavy atom. The van der Waals surface area contributed by atoms with Crippen LogP contribution in [0, 0.1) is 5.92 Å². The van der Waals surface area contributed by atoms with Crippen molar-refractivity contribution in [1.29, 1.82) is 0 Å². The van der Waals surface area contributed by atoms with Gasteiger partial charge in [-0.05, 0) is 36.7 Å². The Balaban J connectivity index is 2.09. The van der Waals surface area contributed by atoms with Gasteiger partial charge in [0.25, 0.3) is 0 Å². The SMILES string of the molecule is CCCOC(=O)CCC(O)C1CCSC1. The van der Waals surface area contributed by atoms with Crippen molar-refractivity contribution in [3.05, 3.63) is 0 Å². The van der Waals surface area contributed by atoms with Crippen molar-refractivity contribution in [2.45, 2.75) is 38.7 Å². The lowest BCUT2D eigenvalue weighted by molar-refractivity contribution is -0.144. The smallest absolute Gasteiger partial charge is 0.305 e. The summed E-state index contributed by atoms with van der Waals surface area (Å²) in [6, 6.07) is 0. The van der Waals surface area contributed by atoms with Crippen LogP contribution in [-0.4, -0.2) is 35.3 Å². The zero-order valence-corrected chi connectivity index (χ0v) is 10.1. The average Bonchev–Trinajstić information content (AvgIpc) is 2.76. The molecule has 1 heterocycles. The van der Waals surface area contributed by atoms with Crippen LogP contribution in [0.25, 0.3) is 0 Å². The second-order valence-electron chi connectivity index (χ2n) is 3.95. The average molecular weight is 232 g/mol. The molecule has 88 valence electrons. The molecule has 0 bridgehead atoms. The number of aliphatic hydroxyl groups is 1. The third-order valence-corrected chi connectivity index (χ3v) is 3.81. The normalized spacial score (nSPS) is 22.7. The van der Waals surface area contributed by atoms with Crippen LogP contribution in [0.4, 0.5) is 0 Å². The molecule has 0 radical (unpaired) electrons. The minimum atomic E-state index is -0.325. The van der Waals surface area contributed by atoms with Gasteiger partial charge in [-0.25, -0.2) is 0 Å². The van der Waals surface area contributed by atoms with Crippen LogP contribution in [-0.2, 0) is 9.53 Å². The second-order valence-corrected chi connectivity index (χ2v) is 5.10. The van der Waals surface area contributed by atoms with E-state index >= 15 is 0 Å². The van der Waals surface area contributed by atoms with Gasteiger partial charge < -0.3 is 9.84 Å². The van der Waals surface area contributed by atoms with Crippen molar-refractivity contribution in [3.63, 3.8) is 0 Å². The predicted octanol–water partition coefficient (Wildman–Crippen LogP) is 1.83. The summed E-state index contributed by atoms with van der Waals surface area (Å²) in [6.07, 6.45) is 2.51. The van der Waals surface area contributed by atoms with Gasteiger partial charge in [-0.15, -0.1) is 0 Å². The van der Waals surface area contributed by atoms with Gasteiger partial charge in [0.2, 0.25) is 0 Å². The molecule has 1 saturated heterocycles. The molecular formula is C11H20O3S. The Morgan fingerprint density at radius 1 is 1.67 bits per heavy atom. The molecule has 2 atom stereocenters. The van der Waals surface area contributed by atoms with Crippen LogP contribution in [0.5, 0.6) is 0 Å². The third-order valence-electron chi connectivity index (χ3n) is 2.62. The lowest BCUT2D eigenvalue weighted by atomic mass is 9.98. The summed E-state index contributed by atoms with van der Waals surface area (Å²) in [5.74, 6) is 2.38. The molecule has 2 unspecified atom stereocenters. The number of ether oxygens (including phenoxy) is 1. The van der Waals surface area contributed by atoms with E-state index in [1.165, 1.54) is 0 Å². The molecule has 1 fully saturated rings. The summed E-state index contributed by atoms with van der Waals surface area (Å²) < 4.78 is 4.95. The maximum atomic E-state index is 11.2. The highest BCUT2D eigenvalue weighted by Crippen LogP contribution is 2.27. The molecule has 0 spiro atoms. The van der Waals surface area contributed by atoms with Crippen molar-refractivity contribution in [3.8, 4) is 0 Å². The van der Waals surface area contributed by atoms with E-state index < -0.39 is 0 Å². The molecule has 1 N–H and O–H groups in total. The summed E-state index contributed by atoms with van der Waals surface area (Å²) in [4.78, 5) is 11.2. The van der Waals surface area contributed by atoms with Gasteiger partial charge in [0.1, 0.15) is 0 Å². The highest BCUT2D eigenvalue weighted by molar-refractivity contribution is 7.99. The van der Waals surface area contributed by atoms with E-state index in [2.05, 4.69) is 0 Å². The number of rotatable bonds is 6. The Bertz CT molecular complexity index is 190. The van der Waals surface area contributed by atoms with Crippen molar-refractivity contribution in [1.82, 2.24) is 0 Å². The monoisotopic (exact) mass is 232 g/mol. The molecule has 3 nitrogen and oxygen atoms in total. The van der Waals surface area contributed by atoms with Crippen LogP contribution in [0.2, 0.25) is 0 Å². The highest BCUT2D eigenvalue weighted by atomic mass is 32.2. The first kappa shape index (κ1) is 12.8. The second kappa shape index (κ2) is 7.12.